The molecule has 2 heterocycles. The molecular weight excluding hydrogens is 454 g/mol. The molecule has 0 aromatic rings. The molecule has 2 aliphatic rings. The third-order valence-electron chi connectivity index (χ3n) is 6.46. The fourth-order valence-electron chi connectivity index (χ4n) is 4.58. The largest absolute Gasteiger partial charge is 0.459 e. The van der Waals surface area contributed by atoms with Crippen LogP contribution in [0.25, 0.3) is 0 Å². The van der Waals surface area contributed by atoms with Crippen molar-refractivity contribution in [3.8, 4) is 0 Å². The van der Waals surface area contributed by atoms with Gasteiger partial charge < -0.3 is 29.0 Å². The molecule has 1 amide bonds. The Balaban J connectivity index is 1.59. The van der Waals surface area contributed by atoms with E-state index in [9.17, 15) is 14.4 Å². The summed E-state index contributed by atoms with van der Waals surface area (Å²) in [5.41, 5.74) is 0.239. The minimum Gasteiger partial charge on any atom is -0.459 e. The molecule has 35 heavy (non-hydrogen) atoms. The van der Waals surface area contributed by atoms with Gasteiger partial charge in [0.05, 0.1) is 19.3 Å². The Labute approximate surface area is 209 Å². The van der Waals surface area contributed by atoms with E-state index in [0.717, 1.165) is 12.8 Å². The zero-order valence-corrected chi connectivity index (χ0v) is 22.1. The van der Waals surface area contributed by atoms with Gasteiger partial charge in [0.25, 0.3) is 0 Å². The van der Waals surface area contributed by atoms with Crippen LogP contribution in [-0.2, 0) is 33.3 Å². The van der Waals surface area contributed by atoms with Crippen molar-refractivity contribution in [1.82, 2.24) is 5.32 Å². The van der Waals surface area contributed by atoms with Crippen LogP contribution in [0.4, 0.5) is 4.79 Å². The van der Waals surface area contributed by atoms with Crippen LogP contribution in [0, 0.1) is 17.3 Å². The molecule has 0 aliphatic carbocycles. The van der Waals surface area contributed by atoms with Gasteiger partial charge in [-0.25, -0.2) is 9.59 Å². The molecule has 1 N–H and O–H groups in total. The summed E-state index contributed by atoms with van der Waals surface area (Å²) in [5, 5.41) is 2.83. The van der Waals surface area contributed by atoms with Crippen LogP contribution in [0.1, 0.15) is 67.2 Å². The Kier molecular flexibility index (Phi) is 11.0. The lowest BCUT2D eigenvalue weighted by atomic mass is 9.79. The molecular formula is C26H43NO8. The minimum atomic E-state index is -0.510. The number of alkyl carbamates (subject to hydrolysis) is 1. The topological polar surface area (TPSA) is 109 Å². The zero-order valence-electron chi connectivity index (χ0n) is 22.1. The number of carbonyl (C=O) groups is 3. The zero-order chi connectivity index (χ0) is 26.2. The quantitative estimate of drug-likeness (QED) is 0.233. The average Bonchev–Trinajstić information content (AvgIpc) is 3.33. The Bertz CT molecular complexity index is 752. The number of hydrogen-bond acceptors (Lipinski definition) is 8. The number of nitrogens with one attached hydrogen (secondary N) is 1. The van der Waals surface area contributed by atoms with Gasteiger partial charge in [-0.15, -0.1) is 0 Å². The van der Waals surface area contributed by atoms with Gasteiger partial charge in [-0.05, 0) is 44.4 Å². The van der Waals surface area contributed by atoms with E-state index in [-0.39, 0.29) is 42.7 Å². The van der Waals surface area contributed by atoms with Crippen molar-refractivity contribution in [2.24, 2.45) is 17.3 Å². The molecule has 0 spiro atoms. The van der Waals surface area contributed by atoms with Gasteiger partial charge in [-0.2, -0.15) is 0 Å². The highest BCUT2D eigenvalue weighted by atomic mass is 16.6. The Morgan fingerprint density at radius 2 is 1.83 bits per heavy atom. The molecule has 0 aromatic heterocycles. The van der Waals surface area contributed by atoms with E-state index in [1.807, 2.05) is 0 Å². The number of fused-ring (bicyclic) bond motifs is 1. The third-order valence-corrected chi connectivity index (χ3v) is 6.46. The minimum absolute atomic E-state index is 0.00838. The molecule has 6 atom stereocenters. The normalized spacial score (nSPS) is 25.3. The van der Waals surface area contributed by atoms with Crippen LogP contribution in [-0.4, -0.2) is 68.8 Å². The van der Waals surface area contributed by atoms with Crippen molar-refractivity contribution in [2.45, 2.75) is 91.6 Å². The van der Waals surface area contributed by atoms with E-state index in [4.69, 9.17) is 23.7 Å². The maximum Gasteiger partial charge on any atom is 0.407 e. The molecule has 2 unspecified atom stereocenters. The van der Waals surface area contributed by atoms with Gasteiger partial charge in [0.1, 0.15) is 18.8 Å². The molecule has 9 nitrogen and oxygen atoms in total. The summed E-state index contributed by atoms with van der Waals surface area (Å²) < 4.78 is 27.3. The highest BCUT2D eigenvalue weighted by Crippen LogP contribution is 2.33. The Morgan fingerprint density at radius 3 is 2.51 bits per heavy atom. The van der Waals surface area contributed by atoms with Crippen LogP contribution in [0.5, 0.6) is 0 Å². The second kappa shape index (κ2) is 13.3. The fraction of sp³-hybridized carbons (Fsp3) is 0.808. The molecule has 0 aromatic carbocycles. The number of rotatable bonds is 13. The van der Waals surface area contributed by atoms with Crippen LogP contribution >= 0.6 is 0 Å². The molecule has 2 saturated heterocycles. The number of carbonyl (C=O) groups excluding carboxylic acids is 3. The monoisotopic (exact) mass is 497 g/mol. The van der Waals surface area contributed by atoms with E-state index < -0.39 is 18.2 Å². The van der Waals surface area contributed by atoms with Gasteiger partial charge >= 0.3 is 18.0 Å². The van der Waals surface area contributed by atoms with Crippen molar-refractivity contribution in [3.05, 3.63) is 12.2 Å². The summed E-state index contributed by atoms with van der Waals surface area (Å²) in [4.78, 5) is 35.8. The molecule has 200 valence electrons. The number of amides is 1. The number of ether oxygens (including phenoxy) is 5. The van der Waals surface area contributed by atoms with Crippen molar-refractivity contribution in [1.29, 1.82) is 0 Å². The first kappa shape index (κ1) is 29.1. The summed E-state index contributed by atoms with van der Waals surface area (Å²) in [7, 11) is 0. The number of hydrogen-bond donors (Lipinski definition) is 1. The third kappa shape index (κ3) is 9.80. The Hall–Kier alpha value is -2.13. The fourth-order valence-corrected chi connectivity index (χ4v) is 4.58. The second-order valence-electron chi connectivity index (χ2n) is 10.9. The SMILES string of the molecule is C=C(C)C(=O)OCC(C)OC(=O)CCC(C)(C)CC(C)CCNC(=O)O[C@@H]1CO[C@H]2[C@@H]1OC[C@@H]2C. The smallest absolute Gasteiger partial charge is 0.407 e. The predicted molar refractivity (Wildman–Crippen MR) is 130 cm³/mol. The molecule has 9 heteroatoms. The van der Waals surface area contributed by atoms with Crippen molar-refractivity contribution < 1.29 is 38.1 Å². The average molecular weight is 498 g/mol. The highest BCUT2D eigenvalue weighted by Gasteiger charge is 2.47. The van der Waals surface area contributed by atoms with Gasteiger partial charge in [0, 0.05) is 24.5 Å². The van der Waals surface area contributed by atoms with Crippen LogP contribution in [0.15, 0.2) is 12.2 Å². The highest BCUT2D eigenvalue weighted by molar-refractivity contribution is 5.86. The molecule has 2 aliphatic heterocycles. The summed E-state index contributed by atoms with van der Waals surface area (Å²) in [5.74, 6) is -0.144. The lowest BCUT2D eigenvalue weighted by Gasteiger charge is -2.28. The Morgan fingerprint density at radius 1 is 1.14 bits per heavy atom. The first-order chi connectivity index (χ1) is 16.4. The molecule has 0 radical (unpaired) electrons. The van der Waals surface area contributed by atoms with E-state index in [1.54, 1.807) is 13.8 Å². The lowest BCUT2D eigenvalue weighted by Crippen LogP contribution is -2.37. The summed E-state index contributed by atoms with van der Waals surface area (Å²) in [6.45, 7) is 16.7. The molecule has 2 fully saturated rings. The summed E-state index contributed by atoms with van der Waals surface area (Å²) >= 11 is 0. The van der Waals surface area contributed by atoms with Gasteiger partial charge in [0.15, 0.2) is 6.10 Å². The van der Waals surface area contributed by atoms with Crippen LogP contribution in [0.2, 0.25) is 0 Å². The van der Waals surface area contributed by atoms with Crippen molar-refractivity contribution in [3.63, 3.8) is 0 Å². The van der Waals surface area contributed by atoms with Crippen LogP contribution in [0.3, 0.4) is 0 Å². The molecule has 0 saturated carbocycles. The molecule has 0 bridgehead atoms. The van der Waals surface area contributed by atoms with Crippen LogP contribution < -0.4 is 5.32 Å². The van der Waals surface area contributed by atoms with Gasteiger partial charge in [-0.3, -0.25) is 4.79 Å². The van der Waals surface area contributed by atoms with Gasteiger partial charge in [-0.1, -0.05) is 34.3 Å². The maximum absolute atomic E-state index is 12.2. The first-order valence-corrected chi connectivity index (χ1v) is 12.6. The summed E-state index contributed by atoms with van der Waals surface area (Å²) in [6.07, 6.45) is 1.18. The predicted octanol–water partition coefficient (Wildman–Crippen LogP) is 3.79. The number of esters is 2. The van der Waals surface area contributed by atoms with E-state index >= 15 is 0 Å². The summed E-state index contributed by atoms with van der Waals surface area (Å²) in [6, 6.07) is 0. The second-order valence-corrected chi connectivity index (χ2v) is 10.9. The van der Waals surface area contributed by atoms with Crippen molar-refractivity contribution >= 4 is 18.0 Å². The van der Waals surface area contributed by atoms with E-state index in [0.29, 0.717) is 43.6 Å². The van der Waals surface area contributed by atoms with E-state index in [1.165, 1.54) is 0 Å². The van der Waals surface area contributed by atoms with Gasteiger partial charge in [0.2, 0.25) is 0 Å². The maximum atomic E-state index is 12.2. The first-order valence-electron chi connectivity index (χ1n) is 12.6. The molecule has 2 rings (SSSR count). The standard InChI is InChI=1S/C26H43NO8/c1-16(2)24(29)33-14-19(5)34-21(28)8-10-26(6,7)12-17(3)9-11-27-25(30)35-20-15-32-22-18(4)13-31-23(20)22/h17-20,22-23H,1,8-15H2,2-7H3,(H,27,30)/t17?,18-,19?,20+,22+,23+/m0/s1. The van der Waals surface area contributed by atoms with E-state index in [2.05, 4.69) is 39.6 Å². The van der Waals surface area contributed by atoms with Crippen molar-refractivity contribution in [2.75, 3.05) is 26.4 Å². The lowest BCUT2D eigenvalue weighted by molar-refractivity contribution is -0.156.